The number of carbonyl (C=O) groups is 4. The average molecular weight is 304 g/mol. The quantitative estimate of drug-likeness (QED) is 0.492. The Labute approximate surface area is 125 Å². The Morgan fingerprint density at radius 1 is 1.05 bits per heavy atom. The van der Waals surface area contributed by atoms with E-state index < -0.39 is 39.5 Å². The largest absolute Gasteiger partial charge is 0.477 e. The molecule has 2 rings (SSSR count). The second-order valence-electron chi connectivity index (χ2n) is 5.44. The minimum Gasteiger partial charge on any atom is -0.477 e. The molecule has 114 valence electrons. The van der Waals surface area contributed by atoms with E-state index in [1.807, 2.05) is 0 Å². The number of benzene rings is 1. The summed E-state index contributed by atoms with van der Waals surface area (Å²) in [7, 11) is 0. The Balaban J connectivity index is 2.88. The van der Waals surface area contributed by atoms with Crippen LogP contribution in [0.1, 0.15) is 34.6 Å². The molecule has 0 aliphatic carbocycles. The van der Waals surface area contributed by atoms with E-state index in [2.05, 4.69) is 6.58 Å². The summed E-state index contributed by atoms with van der Waals surface area (Å²) in [5.41, 5.74) is -2.84. The molecule has 0 radical (unpaired) electrons. The summed E-state index contributed by atoms with van der Waals surface area (Å²) < 4.78 is -1.49. The third-order valence-corrected chi connectivity index (χ3v) is 4.01. The second kappa shape index (κ2) is 4.60. The highest BCUT2D eigenvalue weighted by Crippen LogP contribution is 2.42. The van der Waals surface area contributed by atoms with Crippen LogP contribution >= 0.6 is 0 Å². The van der Waals surface area contributed by atoms with Crippen LogP contribution in [0.25, 0.3) is 0 Å². The summed E-state index contributed by atoms with van der Waals surface area (Å²) >= 11 is 0. The van der Waals surface area contributed by atoms with Crippen LogP contribution in [0.4, 0.5) is 0 Å². The van der Waals surface area contributed by atoms with Crippen molar-refractivity contribution in [3.8, 4) is 0 Å². The average Bonchev–Trinajstić information content (AvgIpc) is 2.68. The molecule has 0 bridgehead atoms. The molecule has 1 heterocycles. The number of nitrogens with zero attached hydrogens (tertiary/aromatic N) is 1. The molecule has 2 amide bonds. The molecule has 22 heavy (non-hydrogen) atoms. The number of imide groups is 1. The number of hydrogen-bond donors (Lipinski definition) is 2. The highest BCUT2D eigenvalue weighted by molar-refractivity contribution is 6.17. The molecule has 7 heteroatoms. The van der Waals surface area contributed by atoms with Crippen molar-refractivity contribution in [2.45, 2.75) is 19.4 Å². The number of carbonyl (C=O) groups excluding carboxylic acids is 2. The predicted molar refractivity (Wildman–Crippen MR) is 73.9 cm³/mol. The van der Waals surface area contributed by atoms with E-state index >= 15 is 0 Å². The van der Waals surface area contributed by atoms with E-state index in [9.17, 15) is 29.4 Å². The van der Waals surface area contributed by atoms with Gasteiger partial charge < -0.3 is 10.2 Å². The SMILES string of the molecule is C=C(C(=O)O)[N+]1(C(C)(C)C(=O)O)C(=O)c2ccccc2C1=O. The lowest BCUT2D eigenvalue weighted by Crippen LogP contribution is -2.68. The maximum Gasteiger partial charge on any atom is 0.390 e. The third kappa shape index (κ3) is 1.59. The highest BCUT2D eigenvalue weighted by atomic mass is 16.4. The van der Waals surface area contributed by atoms with E-state index in [0.29, 0.717) is 0 Å². The van der Waals surface area contributed by atoms with Gasteiger partial charge in [-0.15, -0.1) is 4.48 Å². The zero-order valence-corrected chi connectivity index (χ0v) is 12.0. The van der Waals surface area contributed by atoms with E-state index in [-0.39, 0.29) is 11.1 Å². The molecule has 1 aromatic carbocycles. The van der Waals surface area contributed by atoms with Crippen molar-refractivity contribution in [1.29, 1.82) is 0 Å². The van der Waals surface area contributed by atoms with Crippen molar-refractivity contribution >= 4 is 23.8 Å². The number of quaternary nitrogens is 1. The van der Waals surface area contributed by atoms with Crippen molar-refractivity contribution in [3.05, 3.63) is 47.7 Å². The Bertz CT molecular complexity index is 711. The molecule has 1 aromatic rings. The van der Waals surface area contributed by atoms with Crippen molar-refractivity contribution < 1.29 is 33.9 Å². The number of aliphatic carboxylic acids is 2. The number of carboxylic acids is 2. The molecule has 1 aliphatic rings. The molecule has 0 unspecified atom stereocenters. The Morgan fingerprint density at radius 2 is 1.45 bits per heavy atom. The van der Waals surface area contributed by atoms with Gasteiger partial charge >= 0.3 is 23.8 Å². The van der Waals surface area contributed by atoms with Crippen LogP contribution in [0.2, 0.25) is 0 Å². The van der Waals surface area contributed by atoms with Crippen molar-refractivity contribution in [1.82, 2.24) is 0 Å². The van der Waals surface area contributed by atoms with E-state index in [4.69, 9.17) is 0 Å². The van der Waals surface area contributed by atoms with Crippen molar-refractivity contribution in [2.75, 3.05) is 0 Å². The fourth-order valence-electron chi connectivity index (χ4n) is 2.69. The maximum absolute atomic E-state index is 12.8. The Kier molecular flexibility index (Phi) is 3.26. The van der Waals surface area contributed by atoms with Crippen LogP contribution in [0.5, 0.6) is 0 Å². The molecule has 0 aromatic heterocycles. The number of fused-ring (bicyclic) bond motifs is 1. The smallest absolute Gasteiger partial charge is 0.390 e. The van der Waals surface area contributed by atoms with Gasteiger partial charge in [0.05, 0.1) is 11.1 Å². The predicted octanol–water partition coefficient (Wildman–Crippen LogP) is 1.26. The fourth-order valence-corrected chi connectivity index (χ4v) is 2.69. The topological polar surface area (TPSA) is 109 Å². The van der Waals surface area contributed by atoms with Crippen LogP contribution in [-0.2, 0) is 9.59 Å². The molecular formula is C15H14NO6+. The molecule has 2 N–H and O–H groups in total. The molecule has 0 spiro atoms. The molecule has 0 saturated carbocycles. The van der Waals surface area contributed by atoms with Crippen molar-refractivity contribution in [2.24, 2.45) is 0 Å². The first-order chi connectivity index (χ1) is 10.1. The second-order valence-corrected chi connectivity index (χ2v) is 5.44. The van der Waals surface area contributed by atoms with Gasteiger partial charge in [0.25, 0.3) is 0 Å². The van der Waals surface area contributed by atoms with E-state index in [1.165, 1.54) is 24.3 Å². The zero-order valence-electron chi connectivity index (χ0n) is 12.0. The Morgan fingerprint density at radius 3 is 1.77 bits per heavy atom. The summed E-state index contributed by atoms with van der Waals surface area (Å²) in [6, 6.07) is 5.76. The number of rotatable bonds is 4. The summed E-state index contributed by atoms with van der Waals surface area (Å²) in [6.07, 6.45) is 0. The van der Waals surface area contributed by atoms with E-state index in [0.717, 1.165) is 13.8 Å². The van der Waals surface area contributed by atoms with Gasteiger partial charge in [0.2, 0.25) is 11.2 Å². The molecular weight excluding hydrogens is 290 g/mol. The number of amides is 2. The van der Waals surface area contributed by atoms with Gasteiger partial charge in [-0.3, -0.25) is 0 Å². The van der Waals surface area contributed by atoms with Crippen molar-refractivity contribution in [3.63, 3.8) is 0 Å². The maximum atomic E-state index is 12.8. The lowest BCUT2D eigenvalue weighted by Gasteiger charge is -2.38. The van der Waals surface area contributed by atoms with Gasteiger partial charge in [-0.1, -0.05) is 12.1 Å². The van der Waals surface area contributed by atoms with Crippen LogP contribution < -0.4 is 0 Å². The number of carboxylic acid groups (broad SMARTS) is 2. The number of hydrogen-bond acceptors (Lipinski definition) is 4. The minimum absolute atomic E-state index is 0.00998. The van der Waals surface area contributed by atoms with Crippen LogP contribution in [0.3, 0.4) is 0 Å². The lowest BCUT2D eigenvalue weighted by atomic mass is 9.97. The summed E-state index contributed by atoms with van der Waals surface area (Å²) in [4.78, 5) is 48.6. The standard InChI is InChI=1S/C15H13NO6/c1-8(13(19)20)16(15(2,3)14(21)22)11(17)9-6-4-5-7-10(9)12(16)18/h4-7H,1H2,2-3H3,(H-,19,20,21,22)/p+1. The Hall–Kier alpha value is -2.80. The van der Waals surface area contributed by atoms with Crippen LogP contribution in [0.15, 0.2) is 36.5 Å². The summed E-state index contributed by atoms with van der Waals surface area (Å²) in [6.45, 7) is 5.57. The van der Waals surface area contributed by atoms with Gasteiger partial charge in [0.15, 0.2) is 0 Å². The van der Waals surface area contributed by atoms with Gasteiger partial charge in [0, 0.05) is 13.8 Å². The molecule has 7 nitrogen and oxygen atoms in total. The van der Waals surface area contributed by atoms with Crippen LogP contribution in [0, 0.1) is 0 Å². The molecule has 0 atom stereocenters. The van der Waals surface area contributed by atoms with Gasteiger partial charge in [-0.2, -0.15) is 0 Å². The first-order valence-corrected chi connectivity index (χ1v) is 6.34. The monoisotopic (exact) mass is 304 g/mol. The third-order valence-electron chi connectivity index (χ3n) is 4.01. The van der Waals surface area contributed by atoms with Gasteiger partial charge in [-0.05, 0) is 18.7 Å². The normalized spacial score (nSPS) is 16.3. The first-order valence-electron chi connectivity index (χ1n) is 6.34. The van der Waals surface area contributed by atoms with Crippen LogP contribution in [-0.4, -0.2) is 44.0 Å². The molecule has 1 aliphatic heterocycles. The van der Waals surface area contributed by atoms with Gasteiger partial charge in [-0.25, -0.2) is 19.2 Å². The minimum atomic E-state index is -2.03. The van der Waals surface area contributed by atoms with E-state index in [1.54, 1.807) is 0 Å². The fraction of sp³-hybridized carbons (Fsp3) is 0.200. The summed E-state index contributed by atoms with van der Waals surface area (Å²) in [5.74, 6) is -4.89. The molecule has 0 saturated heterocycles. The van der Waals surface area contributed by atoms with Gasteiger partial charge in [0.1, 0.15) is 0 Å². The lowest BCUT2D eigenvalue weighted by molar-refractivity contribution is -0.764. The zero-order chi connectivity index (χ0) is 16.9. The molecule has 0 fully saturated rings. The first kappa shape index (κ1) is 15.6. The highest BCUT2D eigenvalue weighted by Gasteiger charge is 2.68. The summed E-state index contributed by atoms with van der Waals surface area (Å²) in [5, 5.41) is 18.7.